The zero-order valence-electron chi connectivity index (χ0n) is 12.3. The number of anilines is 1. The Hall–Kier alpha value is -2.58. The molecule has 1 saturated heterocycles. The molecule has 3 rings (SSSR count). The molecule has 0 atom stereocenters. The summed E-state index contributed by atoms with van der Waals surface area (Å²) < 4.78 is 53.4. The molecule has 0 aliphatic carbocycles. The van der Waals surface area contributed by atoms with E-state index in [2.05, 4.69) is 15.0 Å². The van der Waals surface area contributed by atoms with Crippen LogP contribution < -0.4 is 4.90 Å². The number of aromatic nitrogens is 3. The van der Waals surface area contributed by atoms with Crippen molar-refractivity contribution >= 4 is 11.6 Å². The van der Waals surface area contributed by atoms with Gasteiger partial charge in [-0.2, -0.15) is 13.2 Å². The number of hydrogen-bond donors (Lipinski definition) is 0. The number of carbonyl (C=O) groups is 1. The van der Waals surface area contributed by atoms with E-state index in [1.54, 1.807) is 0 Å². The number of halogens is 4. The summed E-state index contributed by atoms with van der Waals surface area (Å²) in [5.74, 6) is -1.40. The molecule has 0 radical (unpaired) electrons. The van der Waals surface area contributed by atoms with Crippen LogP contribution in [0.15, 0.2) is 24.7 Å². The lowest BCUT2D eigenvalue weighted by Crippen LogP contribution is -2.37. The summed E-state index contributed by atoms with van der Waals surface area (Å²) >= 11 is 0. The topological polar surface area (TPSA) is 59.0 Å². The second kappa shape index (κ2) is 6.14. The molecule has 3 heterocycles. The molecule has 1 amide bonds. The van der Waals surface area contributed by atoms with E-state index in [1.165, 1.54) is 6.20 Å². The second-order valence-electron chi connectivity index (χ2n) is 5.32. The maximum Gasteiger partial charge on any atom is 0.435 e. The molecular weight excluding hydrogens is 328 g/mol. The highest BCUT2D eigenvalue weighted by atomic mass is 19.4. The van der Waals surface area contributed by atoms with Crippen LogP contribution in [0.3, 0.4) is 0 Å². The Balaban J connectivity index is 2.09. The number of hydrogen-bond acceptors (Lipinski definition) is 4. The summed E-state index contributed by atoms with van der Waals surface area (Å²) in [6, 6.07) is 0.994. The van der Waals surface area contributed by atoms with Gasteiger partial charge in [-0.15, -0.1) is 0 Å². The largest absolute Gasteiger partial charge is 0.435 e. The van der Waals surface area contributed by atoms with Gasteiger partial charge in [0.05, 0.1) is 18.1 Å². The molecule has 9 heteroatoms. The third-order valence-corrected chi connectivity index (χ3v) is 3.62. The Bertz CT molecular complexity index is 778. The number of carbonyl (C=O) groups excluding carboxylic acids is 1. The van der Waals surface area contributed by atoms with Gasteiger partial charge in [0, 0.05) is 24.7 Å². The zero-order valence-corrected chi connectivity index (χ0v) is 12.3. The van der Waals surface area contributed by atoms with Gasteiger partial charge in [0.1, 0.15) is 5.82 Å². The average molecular weight is 340 g/mol. The first-order chi connectivity index (χ1) is 11.4. The molecule has 5 nitrogen and oxygen atoms in total. The summed E-state index contributed by atoms with van der Waals surface area (Å²) in [5, 5.41) is 0. The normalized spacial score (nSPS) is 15.7. The molecule has 2 aromatic rings. The van der Waals surface area contributed by atoms with Crippen LogP contribution in [0, 0.1) is 5.82 Å². The number of alkyl halides is 3. The molecule has 1 aliphatic heterocycles. The molecule has 0 aromatic carbocycles. The summed E-state index contributed by atoms with van der Waals surface area (Å²) in [6.45, 7) is 0.187. The highest BCUT2D eigenvalue weighted by Crippen LogP contribution is 2.37. The standard InChI is InChI=1S/C15H12F4N4O/c16-10-5-9(6-20-7-10)14-21-8-11(13(22-14)15(17,18)19)23-4-2-1-3-12(23)24/h5-8H,1-4H2. The quantitative estimate of drug-likeness (QED) is 0.788. The SMILES string of the molecule is O=C1CCCCN1c1cnc(-c2cncc(F)c2)nc1C(F)(F)F. The molecule has 0 unspecified atom stereocenters. The summed E-state index contributed by atoms with van der Waals surface area (Å²) in [6.07, 6.45) is -0.278. The monoisotopic (exact) mass is 340 g/mol. The van der Waals surface area contributed by atoms with Crippen LogP contribution in [0.4, 0.5) is 23.2 Å². The van der Waals surface area contributed by atoms with E-state index >= 15 is 0 Å². The van der Waals surface area contributed by atoms with E-state index in [1.807, 2.05) is 0 Å². The first-order valence-corrected chi connectivity index (χ1v) is 7.22. The van der Waals surface area contributed by atoms with Crippen LogP contribution in [0.2, 0.25) is 0 Å². The van der Waals surface area contributed by atoms with Crippen molar-refractivity contribution in [2.24, 2.45) is 0 Å². The lowest BCUT2D eigenvalue weighted by atomic mass is 10.1. The highest BCUT2D eigenvalue weighted by Gasteiger charge is 2.39. The minimum atomic E-state index is -4.77. The molecule has 0 spiro atoms. The van der Waals surface area contributed by atoms with Crippen molar-refractivity contribution < 1.29 is 22.4 Å². The number of nitrogens with zero attached hydrogens (tertiary/aromatic N) is 4. The van der Waals surface area contributed by atoms with E-state index < -0.39 is 23.6 Å². The van der Waals surface area contributed by atoms with Crippen molar-refractivity contribution in [1.29, 1.82) is 0 Å². The number of piperidine rings is 1. The van der Waals surface area contributed by atoms with Gasteiger partial charge in [-0.25, -0.2) is 14.4 Å². The Kier molecular flexibility index (Phi) is 4.16. The van der Waals surface area contributed by atoms with Crippen LogP contribution in [0.5, 0.6) is 0 Å². The van der Waals surface area contributed by atoms with Crippen LogP contribution in [-0.2, 0) is 11.0 Å². The van der Waals surface area contributed by atoms with Crippen molar-refractivity contribution in [3.8, 4) is 11.4 Å². The lowest BCUT2D eigenvalue weighted by Gasteiger charge is -2.28. The van der Waals surface area contributed by atoms with Crippen LogP contribution in [-0.4, -0.2) is 27.4 Å². The van der Waals surface area contributed by atoms with Gasteiger partial charge in [0.15, 0.2) is 11.5 Å². The molecule has 0 bridgehead atoms. The van der Waals surface area contributed by atoms with E-state index in [0.29, 0.717) is 12.8 Å². The Morgan fingerprint density at radius 3 is 2.58 bits per heavy atom. The van der Waals surface area contributed by atoms with E-state index in [4.69, 9.17) is 0 Å². The van der Waals surface area contributed by atoms with Gasteiger partial charge >= 0.3 is 6.18 Å². The van der Waals surface area contributed by atoms with Crippen molar-refractivity contribution in [3.05, 3.63) is 36.2 Å². The van der Waals surface area contributed by atoms with Gasteiger partial charge < -0.3 is 4.90 Å². The fourth-order valence-electron chi connectivity index (χ4n) is 2.52. The molecule has 1 fully saturated rings. The molecule has 126 valence electrons. The van der Waals surface area contributed by atoms with Crippen LogP contribution in [0.1, 0.15) is 25.0 Å². The predicted octanol–water partition coefficient (Wildman–Crippen LogP) is 3.21. The Morgan fingerprint density at radius 1 is 1.12 bits per heavy atom. The van der Waals surface area contributed by atoms with Gasteiger partial charge in [0.2, 0.25) is 5.91 Å². The fourth-order valence-corrected chi connectivity index (χ4v) is 2.52. The van der Waals surface area contributed by atoms with Gasteiger partial charge in [-0.3, -0.25) is 9.78 Å². The maximum atomic E-state index is 13.4. The van der Waals surface area contributed by atoms with Crippen LogP contribution >= 0.6 is 0 Å². The number of pyridine rings is 1. The van der Waals surface area contributed by atoms with Gasteiger partial charge in [-0.1, -0.05) is 0 Å². The second-order valence-corrected chi connectivity index (χ2v) is 5.32. The molecular formula is C15H12F4N4O. The first kappa shape index (κ1) is 16.3. The summed E-state index contributed by atoms with van der Waals surface area (Å²) in [5.41, 5.74) is -1.57. The third-order valence-electron chi connectivity index (χ3n) is 3.62. The van der Waals surface area contributed by atoms with Crippen molar-refractivity contribution in [3.63, 3.8) is 0 Å². The summed E-state index contributed by atoms with van der Waals surface area (Å²) in [7, 11) is 0. The fraction of sp³-hybridized carbons (Fsp3) is 0.333. The zero-order chi connectivity index (χ0) is 17.3. The minimum Gasteiger partial charge on any atom is -0.309 e. The van der Waals surface area contributed by atoms with E-state index in [0.717, 1.165) is 23.4 Å². The average Bonchev–Trinajstić information content (AvgIpc) is 2.54. The molecule has 24 heavy (non-hydrogen) atoms. The molecule has 2 aromatic heterocycles. The maximum absolute atomic E-state index is 13.4. The minimum absolute atomic E-state index is 0.0250. The van der Waals surface area contributed by atoms with E-state index in [9.17, 15) is 22.4 Å². The molecule has 1 aliphatic rings. The van der Waals surface area contributed by atoms with Gasteiger partial charge in [0.25, 0.3) is 0 Å². The van der Waals surface area contributed by atoms with E-state index in [-0.39, 0.29) is 30.0 Å². The smallest absolute Gasteiger partial charge is 0.309 e. The number of rotatable bonds is 2. The van der Waals surface area contributed by atoms with Crippen molar-refractivity contribution in [2.45, 2.75) is 25.4 Å². The lowest BCUT2D eigenvalue weighted by molar-refractivity contribution is -0.140. The summed E-state index contributed by atoms with van der Waals surface area (Å²) in [4.78, 5) is 23.9. The van der Waals surface area contributed by atoms with Crippen molar-refractivity contribution in [1.82, 2.24) is 15.0 Å². The number of amides is 1. The molecule has 0 saturated carbocycles. The Morgan fingerprint density at radius 2 is 1.92 bits per heavy atom. The Labute approximate surface area is 134 Å². The first-order valence-electron chi connectivity index (χ1n) is 7.22. The predicted molar refractivity (Wildman–Crippen MR) is 76.4 cm³/mol. The highest BCUT2D eigenvalue weighted by molar-refractivity contribution is 5.94. The van der Waals surface area contributed by atoms with Crippen LogP contribution in [0.25, 0.3) is 11.4 Å². The molecule has 0 N–H and O–H groups in total. The third kappa shape index (κ3) is 3.19. The van der Waals surface area contributed by atoms with Gasteiger partial charge in [-0.05, 0) is 18.9 Å². The van der Waals surface area contributed by atoms with Crippen molar-refractivity contribution in [2.75, 3.05) is 11.4 Å².